The molecule has 0 amide bonds. The number of aliphatic hydroxyl groups is 1. The Hall–Kier alpha value is -2.20. The average molecular weight is 239 g/mol. The van der Waals surface area contributed by atoms with Gasteiger partial charge in [-0.25, -0.2) is 9.97 Å². The maximum absolute atomic E-state index is 8.88. The van der Waals surface area contributed by atoms with Gasteiger partial charge in [-0.3, -0.25) is 4.40 Å². The Kier molecular flexibility index (Phi) is 2.78. The maximum atomic E-state index is 8.88. The van der Waals surface area contributed by atoms with E-state index in [0.29, 0.717) is 12.2 Å². The Morgan fingerprint density at radius 2 is 2.00 bits per heavy atom. The summed E-state index contributed by atoms with van der Waals surface area (Å²) in [4.78, 5) is 8.65. The predicted octanol–water partition coefficient (Wildman–Crippen LogP) is 1.93. The molecule has 18 heavy (non-hydrogen) atoms. The second kappa shape index (κ2) is 4.58. The van der Waals surface area contributed by atoms with E-state index in [0.717, 1.165) is 16.8 Å². The first-order valence-corrected chi connectivity index (χ1v) is 5.87. The lowest BCUT2D eigenvalue weighted by atomic mass is 10.1. The first kappa shape index (κ1) is 10.9. The van der Waals surface area contributed by atoms with Gasteiger partial charge in [0.05, 0.1) is 5.69 Å². The largest absolute Gasteiger partial charge is 0.396 e. The normalized spacial score (nSPS) is 10.9. The molecule has 3 aromatic rings. The molecule has 0 fully saturated rings. The monoisotopic (exact) mass is 239 g/mol. The highest BCUT2D eigenvalue weighted by Crippen LogP contribution is 2.19. The molecule has 0 saturated carbocycles. The van der Waals surface area contributed by atoms with Gasteiger partial charge in [0, 0.05) is 30.8 Å². The van der Waals surface area contributed by atoms with E-state index in [-0.39, 0.29) is 6.61 Å². The van der Waals surface area contributed by atoms with E-state index in [2.05, 4.69) is 9.97 Å². The fraction of sp³-hybridized carbons (Fsp3) is 0.143. The van der Waals surface area contributed by atoms with Gasteiger partial charge in [-0.2, -0.15) is 0 Å². The van der Waals surface area contributed by atoms with E-state index in [4.69, 9.17) is 5.11 Å². The van der Waals surface area contributed by atoms with Crippen molar-refractivity contribution in [3.63, 3.8) is 0 Å². The van der Waals surface area contributed by atoms with E-state index in [9.17, 15) is 0 Å². The molecule has 0 spiro atoms. The van der Waals surface area contributed by atoms with Crippen LogP contribution in [0.25, 0.3) is 17.0 Å². The number of imidazole rings is 1. The summed E-state index contributed by atoms with van der Waals surface area (Å²) >= 11 is 0. The number of aromatic nitrogens is 3. The first-order chi connectivity index (χ1) is 8.86. The van der Waals surface area contributed by atoms with E-state index < -0.39 is 0 Å². The van der Waals surface area contributed by atoms with Crippen molar-refractivity contribution < 1.29 is 5.11 Å². The summed E-state index contributed by atoms with van der Waals surface area (Å²) in [6.45, 7) is 0.178. The lowest BCUT2D eigenvalue weighted by Crippen LogP contribution is -1.89. The van der Waals surface area contributed by atoms with Gasteiger partial charge < -0.3 is 5.11 Å². The van der Waals surface area contributed by atoms with Crippen LogP contribution in [0.4, 0.5) is 0 Å². The van der Waals surface area contributed by atoms with Crippen molar-refractivity contribution in [3.05, 3.63) is 54.5 Å². The van der Waals surface area contributed by atoms with Crippen LogP contribution in [0.3, 0.4) is 0 Å². The molecule has 0 bridgehead atoms. The molecule has 4 nitrogen and oxygen atoms in total. The highest BCUT2D eigenvalue weighted by Gasteiger charge is 2.04. The topological polar surface area (TPSA) is 50.4 Å². The zero-order valence-corrected chi connectivity index (χ0v) is 9.82. The van der Waals surface area contributed by atoms with E-state index in [1.807, 2.05) is 47.1 Å². The molecule has 90 valence electrons. The second-order valence-corrected chi connectivity index (χ2v) is 4.12. The van der Waals surface area contributed by atoms with Crippen molar-refractivity contribution in [1.82, 2.24) is 14.4 Å². The van der Waals surface area contributed by atoms with Crippen molar-refractivity contribution in [1.29, 1.82) is 0 Å². The molecular weight excluding hydrogens is 226 g/mol. The Morgan fingerprint density at radius 3 is 2.72 bits per heavy atom. The molecule has 0 atom stereocenters. The summed E-state index contributed by atoms with van der Waals surface area (Å²) < 4.78 is 1.90. The summed E-state index contributed by atoms with van der Waals surface area (Å²) in [6, 6.07) is 9.95. The van der Waals surface area contributed by atoms with Crippen LogP contribution in [0.5, 0.6) is 0 Å². The summed E-state index contributed by atoms with van der Waals surface area (Å²) in [7, 11) is 0. The van der Waals surface area contributed by atoms with Gasteiger partial charge >= 0.3 is 0 Å². The molecule has 1 aromatic carbocycles. The number of nitrogens with zero attached hydrogens (tertiary/aromatic N) is 3. The zero-order chi connectivity index (χ0) is 12.4. The fourth-order valence-electron chi connectivity index (χ4n) is 1.94. The van der Waals surface area contributed by atoms with Gasteiger partial charge in [0.25, 0.3) is 0 Å². The highest BCUT2D eigenvalue weighted by atomic mass is 16.2. The maximum Gasteiger partial charge on any atom is 0.234 e. The van der Waals surface area contributed by atoms with Crippen LogP contribution in [0.15, 0.2) is 48.9 Å². The van der Waals surface area contributed by atoms with Gasteiger partial charge in [0.15, 0.2) is 0 Å². The summed E-state index contributed by atoms with van der Waals surface area (Å²) in [5, 5.41) is 8.88. The van der Waals surface area contributed by atoms with Crippen LogP contribution >= 0.6 is 0 Å². The van der Waals surface area contributed by atoms with Crippen LogP contribution in [-0.2, 0) is 6.42 Å². The third kappa shape index (κ3) is 1.98. The fourth-order valence-corrected chi connectivity index (χ4v) is 1.94. The minimum absolute atomic E-state index is 0.178. The van der Waals surface area contributed by atoms with Gasteiger partial charge in [0.1, 0.15) is 0 Å². The van der Waals surface area contributed by atoms with Crippen molar-refractivity contribution in [2.75, 3.05) is 6.61 Å². The van der Waals surface area contributed by atoms with E-state index >= 15 is 0 Å². The molecule has 3 rings (SSSR count). The van der Waals surface area contributed by atoms with Crippen LogP contribution in [-0.4, -0.2) is 26.1 Å². The smallest absolute Gasteiger partial charge is 0.234 e. The Balaban J connectivity index is 1.98. The molecule has 2 heterocycles. The van der Waals surface area contributed by atoms with Crippen molar-refractivity contribution in [2.24, 2.45) is 0 Å². The van der Waals surface area contributed by atoms with E-state index in [1.165, 1.54) is 0 Å². The molecule has 0 unspecified atom stereocenters. The summed E-state index contributed by atoms with van der Waals surface area (Å²) in [5.74, 6) is 0.701. The zero-order valence-electron chi connectivity index (χ0n) is 9.82. The minimum atomic E-state index is 0.178. The van der Waals surface area contributed by atoms with Crippen LogP contribution in [0, 0.1) is 0 Å². The van der Waals surface area contributed by atoms with Crippen molar-refractivity contribution in [2.45, 2.75) is 6.42 Å². The Bertz CT molecular complexity index is 625. The first-order valence-electron chi connectivity index (χ1n) is 5.87. The molecule has 0 aliphatic carbocycles. The lowest BCUT2D eigenvalue weighted by molar-refractivity contribution is 0.299. The van der Waals surface area contributed by atoms with Gasteiger partial charge in [-0.05, 0) is 18.1 Å². The molecule has 0 saturated heterocycles. The number of hydrogen-bond acceptors (Lipinski definition) is 3. The number of benzene rings is 1. The Morgan fingerprint density at radius 1 is 1.17 bits per heavy atom. The molecule has 4 heteroatoms. The predicted molar refractivity (Wildman–Crippen MR) is 69.2 cm³/mol. The molecule has 0 radical (unpaired) electrons. The number of hydrogen-bond donors (Lipinski definition) is 1. The molecule has 2 aromatic heterocycles. The number of aliphatic hydroxyl groups excluding tert-OH is 1. The Labute approximate surface area is 105 Å². The molecule has 0 aliphatic heterocycles. The standard InChI is InChI=1S/C14H13N3O/c18-9-6-11-2-4-12(5-3-11)13-10-17-8-1-7-15-14(17)16-13/h1-5,7-8,10,18H,6,9H2. The third-order valence-electron chi connectivity index (χ3n) is 2.89. The lowest BCUT2D eigenvalue weighted by Gasteiger charge is -1.99. The second-order valence-electron chi connectivity index (χ2n) is 4.12. The highest BCUT2D eigenvalue weighted by molar-refractivity contribution is 5.61. The molecule has 0 aliphatic rings. The van der Waals surface area contributed by atoms with Crippen LogP contribution < -0.4 is 0 Å². The van der Waals surface area contributed by atoms with Crippen LogP contribution in [0.1, 0.15) is 5.56 Å². The molecular formula is C14H13N3O. The minimum Gasteiger partial charge on any atom is -0.396 e. The third-order valence-corrected chi connectivity index (χ3v) is 2.89. The average Bonchev–Trinajstić information content (AvgIpc) is 2.84. The SMILES string of the molecule is OCCc1ccc(-c2cn3cccnc3n2)cc1. The van der Waals surface area contributed by atoms with Gasteiger partial charge in [-0.1, -0.05) is 24.3 Å². The van der Waals surface area contributed by atoms with Crippen molar-refractivity contribution >= 4 is 5.78 Å². The van der Waals surface area contributed by atoms with Gasteiger partial charge in [0.2, 0.25) is 5.78 Å². The number of fused-ring (bicyclic) bond motifs is 1. The van der Waals surface area contributed by atoms with Crippen LogP contribution in [0.2, 0.25) is 0 Å². The summed E-state index contributed by atoms with van der Waals surface area (Å²) in [6.07, 6.45) is 6.31. The molecule has 1 N–H and O–H groups in total. The van der Waals surface area contributed by atoms with Gasteiger partial charge in [-0.15, -0.1) is 0 Å². The summed E-state index contributed by atoms with van der Waals surface area (Å²) in [5.41, 5.74) is 3.09. The number of rotatable bonds is 3. The quantitative estimate of drug-likeness (QED) is 0.759. The van der Waals surface area contributed by atoms with E-state index in [1.54, 1.807) is 6.20 Å². The van der Waals surface area contributed by atoms with Crippen molar-refractivity contribution in [3.8, 4) is 11.3 Å².